The Morgan fingerprint density at radius 3 is 3.12 bits per heavy atom. The molecular weight excluding hydrogens is 324 g/mol. The molecule has 24 heavy (non-hydrogen) atoms. The largest absolute Gasteiger partial charge is 0.372 e. The molecule has 1 N–H and O–H groups in total. The highest BCUT2D eigenvalue weighted by Gasteiger charge is 2.29. The van der Waals surface area contributed by atoms with Gasteiger partial charge < -0.3 is 9.64 Å². The molecule has 1 aliphatic heterocycles. The normalized spacial score (nSPS) is 19.5. The van der Waals surface area contributed by atoms with Gasteiger partial charge in [0.15, 0.2) is 0 Å². The van der Waals surface area contributed by atoms with E-state index in [2.05, 4.69) is 15.2 Å². The zero-order valence-corrected chi connectivity index (χ0v) is 15.2. The third kappa shape index (κ3) is 3.52. The molecule has 130 valence electrons. The first kappa shape index (κ1) is 17.1. The van der Waals surface area contributed by atoms with Crippen LogP contribution in [0.1, 0.15) is 64.8 Å². The van der Waals surface area contributed by atoms with Crippen LogP contribution in [0.4, 0.5) is 0 Å². The lowest BCUT2D eigenvalue weighted by atomic mass is 9.95. The Labute approximate surface area is 146 Å². The lowest BCUT2D eigenvalue weighted by Gasteiger charge is -2.32. The number of ether oxygens (including phenoxy) is 1. The lowest BCUT2D eigenvalue weighted by molar-refractivity contribution is 0.0709. The summed E-state index contributed by atoms with van der Waals surface area (Å²) in [4.78, 5) is 20.2. The molecule has 0 unspecified atom stereocenters. The van der Waals surface area contributed by atoms with Gasteiger partial charge in [-0.05, 0) is 39.7 Å². The molecule has 7 heteroatoms. The Hall–Kier alpha value is -1.73. The van der Waals surface area contributed by atoms with E-state index in [1.54, 1.807) is 6.20 Å². The molecule has 1 saturated heterocycles. The van der Waals surface area contributed by atoms with Crippen molar-refractivity contribution in [1.82, 2.24) is 20.1 Å². The Balaban J connectivity index is 1.74. The molecule has 1 aliphatic rings. The number of rotatable bonds is 5. The molecule has 1 amide bonds. The van der Waals surface area contributed by atoms with Crippen LogP contribution in [0.25, 0.3) is 0 Å². The second-order valence-electron chi connectivity index (χ2n) is 6.17. The number of hydrogen-bond donors (Lipinski definition) is 1. The van der Waals surface area contributed by atoms with Crippen LogP contribution in [0.15, 0.2) is 12.3 Å². The fourth-order valence-corrected chi connectivity index (χ4v) is 4.20. The Bertz CT molecular complexity index is 683. The first-order chi connectivity index (χ1) is 11.6. The predicted molar refractivity (Wildman–Crippen MR) is 93.4 cm³/mol. The van der Waals surface area contributed by atoms with E-state index in [-0.39, 0.29) is 12.0 Å². The van der Waals surface area contributed by atoms with Gasteiger partial charge in [-0.1, -0.05) is 0 Å². The number of piperidine rings is 1. The van der Waals surface area contributed by atoms with Crippen molar-refractivity contribution in [3.63, 3.8) is 0 Å². The topological polar surface area (TPSA) is 71.1 Å². The first-order valence-corrected chi connectivity index (χ1v) is 9.29. The number of carbonyl (C=O) groups excluding carboxylic acids is 1. The van der Waals surface area contributed by atoms with Crippen LogP contribution < -0.4 is 0 Å². The van der Waals surface area contributed by atoms with E-state index in [1.807, 2.05) is 31.7 Å². The van der Waals surface area contributed by atoms with Crippen molar-refractivity contribution in [3.8, 4) is 0 Å². The van der Waals surface area contributed by atoms with E-state index in [0.29, 0.717) is 12.5 Å². The molecule has 0 aromatic carbocycles. The number of aromatic amines is 1. The summed E-state index contributed by atoms with van der Waals surface area (Å²) in [7, 11) is 0. The number of thiazole rings is 1. The highest BCUT2D eigenvalue weighted by Crippen LogP contribution is 2.30. The molecule has 3 rings (SSSR count). The summed E-state index contributed by atoms with van der Waals surface area (Å²) >= 11 is 1.46. The minimum atomic E-state index is -0.0700. The van der Waals surface area contributed by atoms with Crippen LogP contribution in [0.5, 0.6) is 0 Å². The molecule has 0 saturated carbocycles. The van der Waals surface area contributed by atoms with E-state index >= 15 is 0 Å². The van der Waals surface area contributed by atoms with Crippen molar-refractivity contribution >= 4 is 17.2 Å². The van der Waals surface area contributed by atoms with Gasteiger partial charge in [0.05, 0.1) is 5.69 Å². The van der Waals surface area contributed by atoms with E-state index in [4.69, 9.17) is 4.74 Å². The SMILES string of the molecule is CCO[C@@H](C)c1nc(C)c(C(=O)N2CCC[C@@H](c3ccn[nH]3)C2)s1. The molecule has 0 aliphatic carbocycles. The Morgan fingerprint density at radius 1 is 1.58 bits per heavy atom. The molecule has 2 aromatic heterocycles. The first-order valence-electron chi connectivity index (χ1n) is 8.47. The standard InChI is InChI=1S/C17H24N4O2S/c1-4-23-12(3)16-19-11(2)15(24-16)17(22)21-9-5-6-13(10-21)14-7-8-18-20-14/h7-8,12-13H,4-6,9-10H2,1-3H3,(H,18,20)/t12-,13+/m0/s1. The van der Waals surface area contributed by atoms with E-state index < -0.39 is 0 Å². The van der Waals surface area contributed by atoms with Gasteiger partial charge in [-0.2, -0.15) is 5.10 Å². The maximum Gasteiger partial charge on any atom is 0.265 e. The van der Waals surface area contributed by atoms with Crippen molar-refractivity contribution in [2.45, 2.75) is 45.6 Å². The molecule has 0 spiro atoms. The van der Waals surface area contributed by atoms with Gasteiger partial charge in [-0.25, -0.2) is 4.98 Å². The molecule has 0 bridgehead atoms. The van der Waals surface area contributed by atoms with Crippen molar-refractivity contribution < 1.29 is 9.53 Å². The van der Waals surface area contributed by atoms with Crippen LogP contribution in [0.3, 0.4) is 0 Å². The molecule has 2 atom stereocenters. The highest BCUT2D eigenvalue weighted by molar-refractivity contribution is 7.13. The van der Waals surface area contributed by atoms with E-state index in [1.165, 1.54) is 11.3 Å². The number of nitrogens with one attached hydrogen (secondary N) is 1. The summed E-state index contributed by atoms with van der Waals surface area (Å²) in [5.41, 5.74) is 1.91. The number of amides is 1. The molecular formula is C17H24N4O2S. The Morgan fingerprint density at radius 2 is 2.42 bits per heavy atom. The fraction of sp³-hybridized carbons (Fsp3) is 0.588. The number of nitrogens with zero attached hydrogens (tertiary/aromatic N) is 3. The highest BCUT2D eigenvalue weighted by atomic mass is 32.1. The zero-order valence-electron chi connectivity index (χ0n) is 14.4. The fourth-order valence-electron chi connectivity index (χ4n) is 3.16. The van der Waals surface area contributed by atoms with Gasteiger partial charge >= 0.3 is 0 Å². The van der Waals surface area contributed by atoms with Crippen LogP contribution in [-0.4, -0.2) is 45.7 Å². The zero-order chi connectivity index (χ0) is 17.1. The number of likely N-dealkylation sites (tertiary alicyclic amines) is 1. The summed E-state index contributed by atoms with van der Waals surface area (Å²) in [6, 6.07) is 2.00. The van der Waals surface area contributed by atoms with Crippen molar-refractivity contribution in [1.29, 1.82) is 0 Å². The van der Waals surface area contributed by atoms with Gasteiger partial charge in [-0.3, -0.25) is 9.89 Å². The summed E-state index contributed by atoms with van der Waals surface area (Å²) in [6.07, 6.45) is 3.79. The van der Waals surface area contributed by atoms with Gasteiger partial charge in [0.1, 0.15) is 16.0 Å². The minimum absolute atomic E-state index is 0.0700. The minimum Gasteiger partial charge on any atom is -0.372 e. The molecule has 3 heterocycles. The van der Waals surface area contributed by atoms with E-state index in [9.17, 15) is 4.79 Å². The van der Waals surface area contributed by atoms with Gasteiger partial charge in [-0.15, -0.1) is 11.3 Å². The van der Waals surface area contributed by atoms with Crippen LogP contribution in [0, 0.1) is 6.92 Å². The molecule has 2 aromatic rings. The monoisotopic (exact) mass is 348 g/mol. The van der Waals surface area contributed by atoms with Crippen LogP contribution in [0.2, 0.25) is 0 Å². The number of aryl methyl sites for hydroxylation is 1. The summed E-state index contributed by atoms with van der Waals surface area (Å²) in [5.74, 6) is 0.421. The maximum atomic E-state index is 13.0. The average molecular weight is 348 g/mol. The van der Waals surface area contributed by atoms with Gasteiger partial charge in [0.2, 0.25) is 0 Å². The van der Waals surface area contributed by atoms with E-state index in [0.717, 1.165) is 47.2 Å². The second-order valence-corrected chi connectivity index (χ2v) is 7.20. The summed E-state index contributed by atoms with van der Waals surface area (Å²) in [6.45, 7) is 8.02. The van der Waals surface area contributed by atoms with Crippen LogP contribution >= 0.6 is 11.3 Å². The summed E-state index contributed by atoms with van der Waals surface area (Å²) in [5, 5.41) is 7.94. The smallest absolute Gasteiger partial charge is 0.265 e. The molecule has 1 fully saturated rings. The number of H-pyrrole nitrogens is 1. The number of aromatic nitrogens is 3. The third-order valence-corrected chi connectivity index (χ3v) is 5.75. The predicted octanol–water partition coefficient (Wildman–Crippen LogP) is 3.29. The quantitative estimate of drug-likeness (QED) is 0.900. The maximum absolute atomic E-state index is 13.0. The van der Waals surface area contributed by atoms with Gasteiger partial charge in [0, 0.05) is 37.5 Å². The molecule has 0 radical (unpaired) electrons. The van der Waals surface area contributed by atoms with Gasteiger partial charge in [0.25, 0.3) is 5.91 Å². The van der Waals surface area contributed by atoms with Crippen molar-refractivity contribution in [2.75, 3.05) is 19.7 Å². The van der Waals surface area contributed by atoms with Crippen LogP contribution in [-0.2, 0) is 4.74 Å². The number of carbonyl (C=O) groups is 1. The number of hydrogen-bond acceptors (Lipinski definition) is 5. The second kappa shape index (κ2) is 7.44. The molecule has 6 nitrogen and oxygen atoms in total. The third-order valence-electron chi connectivity index (χ3n) is 4.44. The summed E-state index contributed by atoms with van der Waals surface area (Å²) < 4.78 is 5.60. The average Bonchev–Trinajstić information content (AvgIpc) is 3.24. The van der Waals surface area contributed by atoms with Crippen molar-refractivity contribution in [2.24, 2.45) is 0 Å². The lowest BCUT2D eigenvalue weighted by Crippen LogP contribution is -2.39. The van der Waals surface area contributed by atoms with Crippen molar-refractivity contribution in [3.05, 3.63) is 33.5 Å². The Kier molecular flexibility index (Phi) is 5.30.